The van der Waals surface area contributed by atoms with Crippen molar-refractivity contribution in [2.75, 3.05) is 13.3 Å². The van der Waals surface area contributed by atoms with Gasteiger partial charge in [0.15, 0.2) is 6.04 Å². The highest BCUT2D eigenvalue weighted by molar-refractivity contribution is 7.54. The van der Waals surface area contributed by atoms with Gasteiger partial charge in [0.25, 0.3) is 0 Å². The van der Waals surface area contributed by atoms with Gasteiger partial charge in [-0.1, -0.05) is 60.7 Å². The quantitative estimate of drug-likeness (QED) is 0.126. The summed E-state index contributed by atoms with van der Waals surface area (Å²) in [5.41, 5.74) is 1.85. The van der Waals surface area contributed by atoms with Crippen molar-refractivity contribution in [2.45, 2.75) is 25.7 Å². The maximum atomic E-state index is 13.2. The first-order chi connectivity index (χ1) is 18.3. The summed E-state index contributed by atoms with van der Waals surface area (Å²) in [5.74, 6) is -1.73. The molecular weight excluding hydrogens is 513 g/mol. The van der Waals surface area contributed by atoms with E-state index in [0.29, 0.717) is 5.06 Å². The highest BCUT2D eigenvalue weighted by Gasteiger charge is 2.32. The van der Waals surface area contributed by atoms with Gasteiger partial charge in [-0.3, -0.25) is 9.63 Å². The van der Waals surface area contributed by atoms with E-state index in [-0.39, 0.29) is 43.5 Å². The number of amides is 1. The Labute approximate surface area is 220 Å². The molecule has 0 aliphatic carbocycles. The van der Waals surface area contributed by atoms with Gasteiger partial charge in [0, 0.05) is 7.11 Å². The van der Waals surface area contributed by atoms with Crippen LogP contribution in [-0.4, -0.2) is 47.8 Å². The van der Waals surface area contributed by atoms with Crippen molar-refractivity contribution < 1.29 is 42.7 Å². The summed E-state index contributed by atoms with van der Waals surface area (Å²) in [6, 6.07) is 22.5. The molecule has 200 valence electrons. The van der Waals surface area contributed by atoms with Crippen LogP contribution in [0.25, 0.3) is 0 Å². The Bertz CT molecular complexity index is 1240. The molecule has 0 aliphatic rings. The van der Waals surface area contributed by atoms with Gasteiger partial charge in [-0.15, -0.1) is 0 Å². The van der Waals surface area contributed by atoms with Gasteiger partial charge in [-0.25, -0.2) is 19.2 Å². The summed E-state index contributed by atoms with van der Waals surface area (Å²) < 4.78 is 29.1. The number of carboxylic acids is 1. The van der Waals surface area contributed by atoms with Crippen molar-refractivity contribution in [3.05, 3.63) is 102 Å². The molecule has 0 spiro atoms. The van der Waals surface area contributed by atoms with Crippen LogP contribution in [0.4, 0.5) is 0 Å². The largest absolute Gasteiger partial charge is 0.480 e. The van der Waals surface area contributed by atoms with Crippen LogP contribution in [0.3, 0.4) is 0 Å². The van der Waals surface area contributed by atoms with Crippen LogP contribution in [-0.2, 0) is 41.5 Å². The number of carbonyl (C=O) groups excluding carboxylic acids is 2. The molecule has 1 N–H and O–H groups in total. The third kappa shape index (κ3) is 8.55. The zero-order valence-electron chi connectivity index (χ0n) is 20.7. The van der Waals surface area contributed by atoms with Gasteiger partial charge in [0.1, 0.15) is 19.0 Å². The molecule has 2 atom stereocenters. The number of rotatable bonds is 15. The monoisotopic (exact) mass is 541 g/mol. The molecule has 0 aliphatic heterocycles. The van der Waals surface area contributed by atoms with Gasteiger partial charge in [-0.05, 0) is 41.8 Å². The second-order valence-corrected chi connectivity index (χ2v) is 10.3. The van der Waals surface area contributed by atoms with E-state index in [2.05, 4.69) is 0 Å². The van der Waals surface area contributed by atoms with Crippen LogP contribution >= 0.6 is 7.60 Å². The second kappa shape index (κ2) is 14.1. The molecule has 2 unspecified atom stereocenters. The van der Waals surface area contributed by atoms with Gasteiger partial charge in [-0.2, -0.15) is 0 Å². The molecule has 0 heterocycles. The third-order valence-electron chi connectivity index (χ3n) is 5.42. The highest BCUT2D eigenvalue weighted by atomic mass is 31.2. The zero-order chi connectivity index (χ0) is 27.4. The predicted octanol–water partition coefficient (Wildman–Crippen LogP) is 4.70. The van der Waals surface area contributed by atoms with E-state index in [1.165, 1.54) is 31.4 Å². The molecule has 10 nitrogen and oxygen atoms in total. The number of carbonyl (C=O) groups is 3. The van der Waals surface area contributed by atoms with Crippen molar-refractivity contribution in [1.29, 1.82) is 0 Å². The Morgan fingerprint density at radius 3 is 2.03 bits per heavy atom. The Kier molecular flexibility index (Phi) is 10.6. The first-order valence-corrected chi connectivity index (χ1v) is 13.3. The molecule has 11 heteroatoms. The van der Waals surface area contributed by atoms with Gasteiger partial charge in [0.05, 0.1) is 11.7 Å². The summed E-state index contributed by atoms with van der Waals surface area (Å²) in [4.78, 5) is 41.0. The lowest BCUT2D eigenvalue weighted by molar-refractivity contribution is -0.200. The second-order valence-electron chi connectivity index (χ2n) is 8.06. The number of nitrogens with zero attached hydrogens (tertiary/aromatic N) is 1. The molecule has 38 heavy (non-hydrogen) atoms. The van der Waals surface area contributed by atoms with Crippen molar-refractivity contribution in [3.63, 3.8) is 0 Å². The molecule has 0 fully saturated rings. The highest BCUT2D eigenvalue weighted by Crippen LogP contribution is 2.48. The third-order valence-corrected chi connectivity index (χ3v) is 7.27. The number of esters is 1. The summed E-state index contributed by atoms with van der Waals surface area (Å²) in [6.45, 7) is 0.0936. The van der Waals surface area contributed by atoms with Gasteiger partial charge in [0.2, 0.25) is 6.41 Å². The fourth-order valence-corrected chi connectivity index (χ4v) is 4.70. The average Bonchev–Trinajstić information content (AvgIpc) is 2.94. The number of benzene rings is 3. The average molecular weight is 541 g/mol. The predicted molar refractivity (Wildman–Crippen MR) is 137 cm³/mol. The van der Waals surface area contributed by atoms with E-state index in [0.717, 1.165) is 11.1 Å². The van der Waals surface area contributed by atoms with E-state index >= 15 is 0 Å². The molecule has 1 amide bonds. The molecule has 3 aromatic carbocycles. The van der Waals surface area contributed by atoms with Crippen molar-refractivity contribution in [1.82, 2.24) is 5.06 Å². The van der Waals surface area contributed by atoms with Crippen LogP contribution in [0.5, 0.6) is 5.75 Å². The minimum atomic E-state index is -3.81. The van der Waals surface area contributed by atoms with E-state index in [4.69, 9.17) is 18.6 Å². The number of hydrogen-bond donors (Lipinski definition) is 1. The lowest BCUT2D eigenvalue weighted by atomic mass is 10.2. The standard InChI is InChI=1S/C27H28NO9P/c1-34-38(33,17-16-25(26(30)31)28(20-29)36-19-22-10-6-3-7-11-22)37-24-14-12-23(13-15-24)27(32)35-18-21-8-4-2-5-9-21/h2-15,20,25H,16-19H2,1H3,(H,30,31). The first-order valence-electron chi connectivity index (χ1n) is 11.6. The van der Waals surface area contributed by atoms with Crippen LogP contribution in [0.2, 0.25) is 0 Å². The van der Waals surface area contributed by atoms with Crippen molar-refractivity contribution in [2.24, 2.45) is 0 Å². The minimum Gasteiger partial charge on any atom is -0.480 e. The number of hydroxylamine groups is 2. The minimum absolute atomic E-state index is 0.0259. The summed E-state index contributed by atoms with van der Waals surface area (Å²) >= 11 is 0. The molecular formula is C27H28NO9P. The molecule has 0 radical (unpaired) electrons. The van der Waals surface area contributed by atoms with Crippen LogP contribution in [0.1, 0.15) is 27.9 Å². The number of aliphatic carboxylic acids is 1. The summed E-state index contributed by atoms with van der Waals surface area (Å²) in [7, 11) is -2.64. The smallest absolute Gasteiger partial charge is 0.379 e. The van der Waals surface area contributed by atoms with E-state index in [9.17, 15) is 24.1 Å². The number of hydrogen-bond acceptors (Lipinski definition) is 8. The van der Waals surface area contributed by atoms with Crippen molar-refractivity contribution in [3.8, 4) is 5.75 Å². The molecule has 0 saturated heterocycles. The summed E-state index contributed by atoms with van der Waals surface area (Å²) in [5, 5.41) is 10.3. The SMILES string of the molecule is COP(=O)(CCC(C(=O)O)N(C=O)OCc1ccccc1)Oc1ccc(C(=O)OCc2ccccc2)cc1. The molecule has 0 aromatic heterocycles. The first kappa shape index (κ1) is 28.6. The fourth-order valence-electron chi connectivity index (χ4n) is 3.35. The van der Waals surface area contributed by atoms with E-state index < -0.39 is 25.6 Å². The maximum Gasteiger partial charge on any atom is 0.379 e. The molecule has 3 rings (SSSR count). The molecule has 3 aromatic rings. The Hall–Kier alpha value is -3.98. The zero-order valence-corrected chi connectivity index (χ0v) is 21.6. The van der Waals surface area contributed by atoms with Gasteiger partial charge < -0.3 is 18.9 Å². The number of ether oxygens (including phenoxy) is 1. The van der Waals surface area contributed by atoms with Crippen LogP contribution in [0, 0.1) is 0 Å². The molecule has 0 bridgehead atoms. The molecule has 0 saturated carbocycles. The Morgan fingerprint density at radius 2 is 1.50 bits per heavy atom. The Morgan fingerprint density at radius 1 is 0.921 bits per heavy atom. The van der Waals surface area contributed by atoms with Gasteiger partial charge >= 0.3 is 19.5 Å². The normalized spacial score (nSPS) is 13.1. The van der Waals surface area contributed by atoms with Crippen LogP contribution in [0.15, 0.2) is 84.9 Å². The summed E-state index contributed by atoms with van der Waals surface area (Å²) in [6.07, 6.45) is -0.325. The van der Waals surface area contributed by atoms with Crippen molar-refractivity contribution >= 4 is 25.9 Å². The lowest BCUT2D eigenvalue weighted by Crippen LogP contribution is -2.41. The maximum absolute atomic E-state index is 13.2. The lowest BCUT2D eigenvalue weighted by Gasteiger charge is -2.25. The van der Waals surface area contributed by atoms with E-state index in [1.807, 2.05) is 36.4 Å². The van der Waals surface area contributed by atoms with Crippen LogP contribution < -0.4 is 4.52 Å². The topological polar surface area (TPSA) is 129 Å². The fraction of sp³-hybridized carbons (Fsp3) is 0.222. The van der Waals surface area contributed by atoms with E-state index in [1.54, 1.807) is 24.3 Å². The Balaban J connectivity index is 1.57. The number of carboxylic acid groups (broad SMARTS) is 1.